The van der Waals surface area contributed by atoms with Crippen molar-refractivity contribution in [3.8, 4) is 0 Å². The van der Waals surface area contributed by atoms with Crippen LogP contribution >= 0.6 is 0 Å². The summed E-state index contributed by atoms with van der Waals surface area (Å²) in [6.45, 7) is 3.82. The lowest BCUT2D eigenvalue weighted by molar-refractivity contribution is 0.140. The third-order valence-electron chi connectivity index (χ3n) is 5.05. The van der Waals surface area contributed by atoms with Crippen LogP contribution in [0.2, 0.25) is 0 Å². The van der Waals surface area contributed by atoms with Crippen LogP contribution in [0, 0.1) is 0 Å². The van der Waals surface area contributed by atoms with Crippen LogP contribution in [-0.4, -0.2) is 51.6 Å². The summed E-state index contributed by atoms with van der Waals surface area (Å²) in [6, 6.07) is 15.3. The molecule has 1 aromatic heterocycles. The number of rotatable bonds is 3. The number of aromatic nitrogens is 2. The Labute approximate surface area is 158 Å². The highest BCUT2D eigenvalue weighted by Gasteiger charge is 2.22. The third-order valence-corrected chi connectivity index (χ3v) is 5.05. The molecule has 27 heavy (non-hydrogen) atoms. The average molecular weight is 364 g/mol. The Bertz CT molecular complexity index is 944. The molecule has 3 aromatic rings. The molecule has 3 N–H and O–H groups in total. The van der Waals surface area contributed by atoms with Crippen molar-refractivity contribution in [1.82, 2.24) is 19.4 Å². The van der Waals surface area contributed by atoms with Crippen LogP contribution in [0.25, 0.3) is 11.0 Å². The fourth-order valence-electron chi connectivity index (χ4n) is 3.44. The zero-order valence-corrected chi connectivity index (χ0v) is 15.4. The largest absolute Gasteiger partial charge is 0.399 e. The van der Waals surface area contributed by atoms with Gasteiger partial charge in [0.15, 0.2) is 0 Å². The molecule has 140 valence electrons. The molecule has 1 aliphatic rings. The Morgan fingerprint density at radius 1 is 1.11 bits per heavy atom. The summed E-state index contributed by atoms with van der Waals surface area (Å²) >= 11 is 0. The topological polar surface area (TPSA) is 79.4 Å². The lowest BCUT2D eigenvalue weighted by atomic mass is 10.3. The molecule has 2 amide bonds. The van der Waals surface area contributed by atoms with Gasteiger partial charge in [-0.2, -0.15) is 0 Å². The van der Waals surface area contributed by atoms with Crippen LogP contribution in [0.4, 0.5) is 16.2 Å². The Morgan fingerprint density at radius 2 is 1.85 bits per heavy atom. The highest BCUT2D eigenvalue weighted by atomic mass is 16.2. The number of aryl methyl sites for hydroxylation is 1. The lowest BCUT2D eigenvalue weighted by Gasteiger charge is -2.34. The quantitative estimate of drug-likeness (QED) is 0.700. The van der Waals surface area contributed by atoms with E-state index in [2.05, 4.69) is 14.8 Å². The van der Waals surface area contributed by atoms with Crippen LogP contribution in [0.15, 0.2) is 48.5 Å². The molecule has 0 spiro atoms. The van der Waals surface area contributed by atoms with Crippen molar-refractivity contribution in [2.75, 3.05) is 37.2 Å². The number of carbonyl (C=O) groups excluding carboxylic acids is 1. The summed E-state index contributed by atoms with van der Waals surface area (Å²) in [5.74, 6) is 1.01. The van der Waals surface area contributed by atoms with E-state index in [0.29, 0.717) is 13.1 Å². The number of urea groups is 1. The molecule has 7 heteroatoms. The standard InChI is InChI=1S/C20H24N6O/c1-24-18-8-7-15(21)13-17(18)23-19(24)14-25-9-11-26(12-10-25)20(27)22-16-5-3-2-4-6-16/h2-8,13H,9-12,14,21H2,1H3,(H,22,27). The van der Waals surface area contributed by atoms with Gasteiger partial charge < -0.3 is 20.5 Å². The van der Waals surface area contributed by atoms with Crippen molar-refractivity contribution in [2.24, 2.45) is 7.05 Å². The number of hydrogen-bond acceptors (Lipinski definition) is 4. The first-order chi connectivity index (χ1) is 13.1. The number of hydrogen-bond donors (Lipinski definition) is 2. The number of amides is 2. The molecule has 2 heterocycles. The number of nitrogen functional groups attached to an aromatic ring is 1. The molecule has 2 aromatic carbocycles. The van der Waals surface area contributed by atoms with Crippen molar-refractivity contribution < 1.29 is 4.79 Å². The van der Waals surface area contributed by atoms with E-state index in [4.69, 9.17) is 10.7 Å². The monoisotopic (exact) mass is 364 g/mol. The maximum absolute atomic E-state index is 12.4. The van der Waals surface area contributed by atoms with Crippen LogP contribution < -0.4 is 11.1 Å². The fourth-order valence-corrected chi connectivity index (χ4v) is 3.44. The van der Waals surface area contributed by atoms with E-state index in [0.717, 1.165) is 47.9 Å². The molecule has 0 atom stereocenters. The lowest BCUT2D eigenvalue weighted by Crippen LogP contribution is -2.49. The van der Waals surface area contributed by atoms with Crippen molar-refractivity contribution in [1.29, 1.82) is 0 Å². The number of anilines is 2. The Balaban J connectivity index is 1.36. The van der Waals surface area contributed by atoms with Crippen molar-refractivity contribution in [3.05, 3.63) is 54.4 Å². The number of imidazole rings is 1. The van der Waals surface area contributed by atoms with Gasteiger partial charge in [0.1, 0.15) is 5.82 Å². The number of nitrogens with one attached hydrogen (secondary N) is 1. The molecule has 0 bridgehead atoms. The van der Waals surface area contributed by atoms with Gasteiger partial charge in [-0.15, -0.1) is 0 Å². The molecule has 0 aliphatic carbocycles. The summed E-state index contributed by atoms with van der Waals surface area (Å²) < 4.78 is 2.11. The number of nitrogens with zero attached hydrogens (tertiary/aromatic N) is 4. The number of carbonyl (C=O) groups is 1. The van der Waals surface area contributed by atoms with Crippen LogP contribution in [-0.2, 0) is 13.6 Å². The second-order valence-corrected chi connectivity index (χ2v) is 6.89. The highest BCUT2D eigenvalue weighted by molar-refractivity contribution is 5.89. The fraction of sp³-hybridized carbons (Fsp3) is 0.300. The van der Waals surface area contributed by atoms with E-state index < -0.39 is 0 Å². The predicted molar refractivity (Wildman–Crippen MR) is 107 cm³/mol. The SMILES string of the molecule is Cn1c(CN2CCN(C(=O)Nc3ccccc3)CC2)nc2cc(N)ccc21. The van der Waals surface area contributed by atoms with Gasteiger partial charge in [0.25, 0.3) is 0 Å². The van der Waals surface area contributed by atoms with Crippen LogP contribution in [0.1, 0.15) is 5.82 Å². The first-order valence-electron chi connectivity index (χ1n) is 9.14. The Hall–Kier alpha value is -3.06. The number of nitrogens with two attached hydrogens (primary N) is 1. The van der Waals surface area contributed by atoms with Gasteiger partial charge in [-0.25, -0.2) is 9.78 Å². The van der Waals surface area contributed by atoms with E-state index in [9.17, 15) is 4.79 Å². The normalized spacial score (nSPS) is 15.2. The first-order valence-corrected chi connectivity index (χ1v) is 9.14. The van der Waals surface area contributed by atoms with Gasteiger partial charge in [0.05, 0.1) is 17.6 Å². The summed E-state index contributed by atoms with van der Waals surface area (Å²) in [5.41, 5.74) is 9.42. The van der Waals surface area contributed by atoms with E-state index in [-0.39, 0.29) is 6.03 Å². The minimum absolute atomic E-state index is 0.0425. The summed E-state index contributed by atoms with van der Waals surface area (Å²) in [5, 5.41) is 2.95. The highest BCUT2D eigenvalue weighted by Crippen LogP contribution is 2.19. The average Bonchev–Trinajstić information content (AvgIpc) is 2.98. The number of fused-ring (bicyclic) bond motifs is 1. The second-order valence-electron chi connectivity index (χ2n) is 6.89. The summed E-state index contributed by atoms with van der Waals surface area (Å²) in [4.78, 5) is 21.3. The molecule has 4 rings (SSSR count). The molecule has 0 radical (unpaired) electrons. The Morgan fingerprint density at radius 3 is 2.59 bits per heavy atom. The van der Waals surface area contributed by atoms with E-state index in [1.165, 1.54) is 0 Å². The molecular weight excluding hydrogens is 340 g/mol. The Kier molecular flexibility index (Phi) is 4.68. The van der Waals surface area contributed by atoms with Gasteiger partial charge >= 0.3 is 6.03 Å². The third kappa shape index (κ3) is 3.73. The van der Waals surface area contributed by atoms with Gasteiger partial charge in [-0.05, 0) is 30.3 Å². The molecular formula is C20H24N6O. The number of para-hydroxylation sites is 1. The molecule has 0 saturated carbocycles. The number of piperazine rings is 1. The maximum Gasteiger partial charge on any atom is 0.321 e. The molecule has 1 saturated heterocycles. The van der Waals surface area contributed by atoms with Gasteiger partial charge in [-0.1, -0.05) is 18.2 Å². The number of benzene rings is 2. The van der Waals surface area contributed by atoms with Crippen molar-refractivity contribution >= 4 is 28.4 Å². The van der Waals surface area contributed by atoms with Crippen molar-refractivity contribution in [3.63, 3.8) is 0 Å². The van der Waals surface area contributed by atoms with E-state index >= 15 is 0 Å². The van der Waals surface area contributed by atoms with Gasteiger partial charge in [0.2, 0.25) is 0 Å². The summed E-state index contributed by atoms with van der Waals surface area (Å²) in [7, 11) is 2.03. The zero-order valence-electron chi connectivity index (χ0n) is 15.4. The second kappa shape index (κ2) is 7.28. The first kappa shape index (κ1) is 17.4. The zero-order chi connectivity index (χ0) is 18.8. The molecule has 7 nitrogen and oxygen atoms in total. The minimum Gasteiger partial charge on any atom is -0.399 e. The predicted octanol–water partition coefficient (Wildman–Crippen LogP) is 2.51. The summed E-state index contributed by atoms with van der Waals surface area (Å²) in [6.07, 6.45) is 0. The van der Waals surface area contributed by atoms with E-state index in [1.54, 1.807) is 0 Å². The smallest absolute Gasteiger partial charge is 0.321 e. The minimum atomic E-state index is -0.0425. The molecule has 0 unspecified atom stereocenters. The van der Waals surface area contributed by atoms with Crippen LogP contribution in [0.5, 0.6) is 0 Å². The maximum atomic E-state index is 12.4. The molecule has 1 fully saturated rings. The van der Waals surface area contributed by atoms with Gasteiger partial charge in [-0.3, -0.25) is 4.90 Å². The van der Waals surface area contributed by atoms with E-state index in [1.807, 2.05) is 60.5 Å². The molecule has 1 aliphatic heterocycles. The van der Waals surface area contributed by atoms with Gasteiger partial charge in [0, 0.05) is 44.6 Å². The van der Waals surface area contributed by atoms with Crippen LogP contribution in [0.3, 0.4) is 0 Å². The van der Waals surface area contributed by atoms with Crippen molar-refractivity contribution in [2.45, 2.75) is 6.54 Å².